The van der Waals surface area contributed by atoms with Crippen LogP contribution in [0.1, 0.15) is 49.9 Å². The lowest BCUT2D eigenvalue weighted by Crippen LogP contribution is -2.17. The van der Waals surface area contributed by atoms with Crippen LogP contribution in [0.3, 0.4) is 0 Å². The molecule has 0 fully saturated rings. The number of nitrogens with zero attached hydrogens (tertiary/aromatic N) is 3. The summed E-state index contributed by atoms with van der Waals surface area (Å²) in [5.41, 5.74) is 20.5. The van der Waals surface area contributed by atoms with Gasteiger partial charge in [0.15, 0.2) is 0 Å². The average molecular weight is 810 g/mol. The van der Waals surface area contributed by atoms with Crippen molar-refractivity contribution in [2.45, 2.75) is 38.5 Å². The maximum atomic E-state index is 2.49. The van der Waals surface area contributed by atoms with E-state index in [1.807, 2.05) is 0 Å². The molecular formula is C60H47N3. The highest BCUT2D eigenvalue weighted by molar-refractivity contribution is 6.18. The van der Waals surface area contributed by atoms with Crippen LogP contribution in [0, 0.1) is 0 Å². The maximum Gasteiger partial charge on any atom is 0.0583 e. The molecule has 0 saturated carbocycles. The zero-order chi connectivity index (χ0) is 42.5. The smallest absolute Gasteiger partial charge is 0.0583 e. The summed E-state index contributed by atoms with van der Waals surface area (Å²) in [4.78, 5) is 4.95. The largest absolute Gasteiger partial charge is 0.310 e. The van der Waals surface area contributed by atoms with Crippen molar-refractivity contribution >= 4 is 55.9 Å². The standard InChI is InChI=1S/C60H47N3/c1-59(2)52-30-18-15-27-47(52)50-36-43(33-35-53(50)59)62(41-22-10-6-11-23-41)56-38-45(39-57-58(56)49-28-16-19-31-55(49)63(57)42-24-12-7-13-25-42)61(40-20-8-5-9-21-40)44-32-34-48-46-26-14-17-29-51(46)60(3,4)54(48)37-44/h5-39H,1-4H3. The van der Waals surface area contributed by atoms with Crippen LogP contribution in [-0.4, -0.2) is 4.57 Å². The summed E-state index contributed by atoms with van der Waals surface area (Å²) in [5.74, 6) is 0. The molecule has 0 N–H and O–H groups in total. The van der Waals surface area contributed by atoms with Gasteiger partial charge >= 0.3 is 0 Å². The second-order valence-electron chi connectivity index (χ2n) is 18.2. The second kappa shape index (κ2) is 14.0. The van der Waals surface area contributed by atoms with Gasteiger partial charge in [-0.15, -0.1) is 0 Å². The van der Waals surface area contributed by atoms with E-state index in [4.69, 9.17) is 0 Å². The molecule has 3 nitrogen and oxygen atoms in total. The minimum Gasteiger partial charge on any atom is -0.310 e. The minimum absolute atomic E-state index is 0.0969. The van der Waals surface area contributed by atoms with Crippen molar-refractivity contribution in [3.63, 3.8) is 0 Å². The molecule has 0 amide bonds. The summed E-state index contributed by atoms with van der Waals surface area (Å²) >= 11 is 0. The van der Waals surface area contributed by atoms with E-state index in [2.05, 4.69) is 254 Å². The van der Waals surface area contributed by atoms with E-state index in [1.54, 1.807) is 0 Å². The number of aromatic nitrogens is 1. The third-order valence-corrected chi connectivity index (χ3v) is 13.9. The van der Waals surface area contributed by atoms with Gasteiger partial charge in [0.25, 0.3) is 0 Å². The summed E-state index contributed by atoms with van der Waals surface area (Å²) in [7, 11) is 0. The first-order valence-electron chi connectivity index (χ1n) is 22.1. The van der Waals surface area contributed by atoms with Crippen LogP contribution in [0.25, 0.3) is 49.7 Å². The van der Waals surface area contributed by atoms with E-state index in [1.165, 1.54) is 55.3 Å². The SMILES string of the molecule is CC1(C)c2ccccc2-c2cc(N(c3ccccc3)c3cc(N(c4ccccc4)c4ccc5c(c4)C(C)(C)c4ccccc4-5)cc4c3c3ccccc3n4-c3ccccc3)ccc21. The van der Waals surface area contributed by atoms with Gasteiger partial charge in [-0.05, 0) is 123 Å². The number of anilines is 6. The van der Waals surface area contributed by atoms with Crippen molar-refractivity contribution in [3.05, 3.63) is 235 Å². The van der Waals surface area contributed by atoms with E-state index in [9.17, 15) is 0 Å². The molecule has 0 bridgehead atoms. The molecule has 0 radical (unpaired) electrons. The van der Waals surface area contributed by atoms with Gasteiger partial charge in [-0.1, -0.05) is 161 Å². The van der Waals surface area contributed by atoms with Crippen molar-refractivity contribution in [1.29, 1.82) is 0 Å². The Bertz CT molecular complexity index is 3400. The lowest BCUT2D eigenvalue weighted by Gasteiger charge is -2.31. The molecule has 2 aliphatic carbocycles. The highest BCUT2D eigenvalue weighted by atomic mass is 15.2. The Morgan fingerprint density at radius 2 is 0.841 bits per heavy atom. The third kappa shape index (κ3) is 5.59. The fourth-order valence-electron chi connectivity index (χ4n) is 10.9. The Balaban J connectivity index is 1.18. The van der Waals surface area contributed by atoms with Crippen molar-refractivity contribution in [2.24, 2.45) is 0 Å². The van der Waals surface area contributed by atoms with Crippen LogP contribution in [0.5, 0.6) is 0 Å². The molecule has 10 aromatic rings. The quantitative estimate of drug-likeness (QED) is 0.159. The number of rotatable bonds is 7. The Hall–Kier alpha value is -7.62. The maximum absolute atomic E-state index is 2.49. The van der Waals surface area contributed by atoms with Gasteiger partial charge < -0.3 is 14.4 Å². The molecule has 0 saturated heterocycles. The molecular weight excluding hydrogens is 763 g/mol. The Morgan fingerprint density at radius 1 is 0.333 bits per heavy atom. The van der Waals surface area contributed by atoms with E-state index in [0.717, 1.165) is 50.8 Å². The number of hydrogen-bond acceptors (Lipinski definition) is 2. The first kappa shape index (κ1) is 37.2. The molecule has 1 heterocycles. The summed E-state index contributed by atoms with van der Waals surface area (Å²) in [6, 6.07) is 78.4. The van der Waals surface area contributed by atoms with E-state index < -0.39 is 0 Å². The number of para-hydroxylation sites is 4. The van der Waals surface area contributed by atoms with Gasteiger partial charge in [-0.25, -0.2) is 0 Å². The lowest BCUT2D eigenvalue weighted by atomic mass is 9.82. The topological polar surface area (TPSA) is 11.4 Å². The molecule has 1 aromatic heterocycles. The van der Waals surface area contributed by atoms with Crippen LogP contribution in [0.2, 0.25) is 0 Å². The fraction of sp³-hybridized carbons (Fsp3) is 0.100. The van der Waals surface area contributed by atoms with Crippen molar-refractivity contribution < 1.29 is 0 Å². The monoisotopic (exact) mass is 809 g/mol. The molecule has 302 valence electrons. The minimum atomic E-state index is -0.149. The fourth-order valence-corrected chi connectivity index (χ4v) is 10.9. The van der Waals surface area contributed by atoms with Gasteiger partial charge in [0.05, 0.1) is 22.4 Å². The molecule has 0 spiro atoms. The zero-order valence-corrected chi connectivity index (χ0v) is 36.0. The van der Waals surface area contributed by atoms with Crippen molar-refractivity contribution in [3.8, 4) is 27.9 Å². The number of hydrogen-bond donors (Lipinski definition) is 0. The third-order valence-electron chi connectivity index (χ3n) is 13.9. The van der Waals surface area contributed by atoms with Crippen LogP contribution in [0.15, 0.2) is 212 Å². The summed E-state index contributed by atoms with van der Waals surface area (Å²) < 4.78 is 2.45. The number of fused-ring (bicyclic) bond motifs is 9. The van der Waals surface area contributed by atoms with Gasteiger partial charge in [0, 0.05) is 50.0 Å². The Morgan fingerprint density at radius 3 is 1.54 bits per heavy atom. The normalized spacial score (nSPS) is 14.0. The molecule has 9 aromatic carbocycles. The first-order valence-corrected chi connectivity index (χ1v) is 22.1. The van der Waals surface area contributed by atoms with Gasteiger partial charge in [0.1, 0.15) is 0 Å². The van der Waals surface area contributed by atoms with E-state index in [0.29, 0.717) is 0 Å². The van der Waals surface area contributed by atoms with Crippen LogP contribution >= 0.6 is 0 Å². The van der Waals surface area contributed by atoms with E-state index in [-0.39, 0.29) is 10.8 Å². The Kier molecular flexibility index (Phi) is 8.23. The Labute approximate surface area is 369 Å². The molecule has 0 atom stereocenters. The lowest BCUT2D eigenvalue weighted by molar-refractivity contribution is 0.660. The van der Waals surface area contributed by atoms with Gasteiger partial charge in [-0.3, -0.25) is 0 Å². The molecule has 2 aliphatic rings. The highest BCUT2D eigenvalue weighted by Crippen LogP contribution is 2.54. The van der Waals surface area contributed by atoms with E-state index >= 15 is 0 Å². The molecule has 12 rings (SSSR count). The predicted molar refractivity (Wildman–Crippen MR) is 265 cm³/mol. The summed E-state index contributed by atoms with van der Waals surface area (Å²) in [6.45, 7) is 9.44. The highest BCUT2D eigenvalue weighted by Gasteiger charge is 2.37. The average Bonchev–Trinajstić information content (AvgIpc) is 3.87. The van der Waals surface area contributed by atoms with Crippen LogP contribution < -0.4 is 9.80 Å². The molecule has 63 heavy (non-hydrogen) atoms. The molecule has 3 heteroatoms. The first-order chi connectivity index (χ1) is 30.8. The number of benzene rings is 9. The molecule has 0 unspecified atom stereocenters. The summed E-state index contributed by atoms with van der Waals surface area (Å²) in [5, 5.41) is 2.40. The zero-order valence-electron chi connectivity index (χ0n) is 36.0. The van der Waals surface area contributed by atoms with Gasteiger partial charge in [-0.2, -0.15) is 0 Å². The van der Waals surface area contributed by atoms with Crippen LogP contribution in [0.4, 0.5) is 34.1 Å². The van der Waals surface area contributed by atoms with Crippen molar-refractivity contribution in [1.82, 2.24) is 4.57 Å². The summed E-state index contributed by atoms with van der Waals surface area (Å²) in [6.07, 6.45) is 0. The van der Waals surface area contributed by atoms with Crippen LogP contribution in [-0.2, 0) is 10.8 Å². The van der Waals surface area contributed by atoms with Crippen molar-refractivity contribution in [2.75, 3.05) is 9.80 Å². The predicted octanol–water partition coefficient (Wildman–Crippen LogP) is 16.3. The van der Waals surface area contributed by atoms with Gasteiger partial charge in [0.2, 0.25) is 0 Å². The molecule has 0 aliphatic heterocycles. The second-order valence-corrected chi connectivity index (χ2v) is 18.2.